The first-order chi connectivity index (χ1) is 10.2. The fourth-order valence-electron chi connectivity index (χ4n) is 1.60. The molecule has 0 heterocycles. The average Bonchev–Trinajstić information content (AvgIpc) is 2.44. The minimum absolute atomic E-state index is 0.104. The Kier molecular flexibility index (Phi) is 4.20. The number of alkyl halides is 6. The van der Waals surface area contributed by atoms with Gasteiger partial charge in [-0.15, -0.1) is 0 Å². The van der Waals surface area contributed by atoms with Gasteiger partial charge in [0, 0.05) is 0 Å². The summed E-state index contributed by atoms with van der Waals surface area (Å²) in [6, 6.07) is 8.08. The number of benzene rings is 2. The molecule has 22 heavy (non-hydrogen) atoms. The summed E-state index contributed by atoms with van der Waals surface area (Å²) in [5.41, 5.74) is -2.03. The van der Waals surface area contributed by atoms with Crippen LogP contribution in [0.4, 0.5) is 37.7 Å². The third-order valence-corrected chi connectivity index (χ3v) is 2.63. The Morgan fingerprint density at radius 1 is 0.591 bits per heavy atom. The summed E-state index contributed by atoms with van der Waals surface area (Å²) in [4.78, 5) is 0. The van der Waals surface area contributed by atoms with Gasteiger partial charge in [0.05, 0.1) is 22.5 Å². The van der Waals surface area contributed by atoms with Crippen molar-refractivity contribution in [3.8, 4) is 0 Å². The third kappa shape index (κ3) is 4.06. The molecule has 0 aliphatic rings. The lowest BCUT2D eigenvalue weighted by atomic mass is 10.2. The van der Waals surface area contributed by atoms with Crippen LogP contribution in [0, 0.1) is 0 Å². The van der Waals surface area contributed by atoms with Crippen LogP contribution in [-0.2, 0) is 12.4 Å². The van der Waals surface area contributed by atoms with Crippen molar-refractivity contribution >= 4 is 11.4 Å². The minimum Gasteiger partial charge on any atom is -0.166 e. The zero-order valence-electron chi connectivity index (χ0n) is 10.8. The monoisotopic (exact) mass is 318 g/mol. The van der Waals surface area contributed by atoms with Gasteiger partial charge in [-0.3, -0.25) is 0 Å². The van der Waals surface area contributed by atoms with E-state index in [1.54, 1.807) is 0 Å². The highest BCUT2D eigenvalue weighted by atomic mass is 19.4. The standard InChI is InChI=1S/C14H8F6N2/c15-13(16,17)9-3-1-5-11(7-9)21-22-12-6-2-4-10(8-12)14(18,19)20/h1-8H/b22-21+. The molecule has 0 N–H and O–H groups in total. The van der Waals surface area contributed by atoms with Gasteiger partial charge in [-0.1, -0.05) is 12.1 Å². The van der Waals surface area contributed by atoms with Crippen molar-refractivity contribution in [2.45, 2.75) is 12.4 Å². The Morgan fingerprint density at radius 3 is 1.27 bits per heavy atom. The lowest BCUT2D eigenvalue weighted by Gasteiger charge is -2.07. The summed E-state index contributed by atoms with van der Waals surface area (Å²) in [6.07, 6.45) is -9.05. The van der Waals surface area contributed by atoms with Gasteiger partial charge in [0.25, 0.3) is 0 Å². The molecule has 0 amide bonds. The van der Waals surface area contributed by atoms with Crippen molar-refractivity contribution in [3.63, 3.8) is 0 Å². The second-order valence-corrected chi connectivity index (χ2v) is 4.30. The Labute approximate surface area is 121 Å². The van der Waals surface area contributed by atoms with E-state index in [-0.39, 0.29) is 11.4 Å². The largest absolute Gasteiger partial charge is 0.416 e. The SMILES string of the molecule is FC(F)(F)c1cccc(/N=N/c2cccc(C(F)(F)F)c2)c1. The quantitative estimate of drug-likeness (QED) is 0.469. The molecule has 0 atom stereocenters. The number of hydrogen-bond acceptors (Lipinski definition) is 2. The van der Waals surface area contributed by atoms with Gasteiger partial charge >= 0.3 is 12.4 Å². The van der Waals surface area contributed by atoms with E-state index in [0.29, 0.717) is 0 Å². The van der Waals surface area contributed by atoms with Crippen LogP contribution >= 0.6 is 0 Å². The maximum absolute atomic E-state index is 12.5. The molecule has 0 aliphatic heterocycles. The molecule has 116 valence electrons. The molecule has 0 radical (unpaired) electrons. The van der Waals surface area contributed by atoms with Crippen LogP contribution in [0.2, 0.25) is 0 Å². The van der Waals surface area contributed by atoms with Gasteiger partial charge < -0.3 is 0 Å². The Hall–Kier alpha value is -2.38. The number of nitrogens with zero attached hydrogens (tertiary/aromatic N) is 2. The summed E-state index contributed by atoms with van der Waals surface area (Å²) in [6.45, 7) is 0. The van der Waals surface area contributed by atoms with E-state index in [1.165, 1.54) is 12.1 Å². The van der Waals surface area contributed by atoms with E-state index >= 15 is 0 Å². The number of rotatable bonds is 2. The van der Waals surface area contributed by atoms with Gasteiger partial charge in [-0.25, -0.2) is 0 Å². The van der Waals surface area contributed by atoms with Gasteiger partial charge in [-0.2, -0.15) is 36.6 Å². The van der Waals surface area contributed by atoms with Crippen molar-refractivity contribution in [2.75, 3.05) is 0 Å². The first-order valence-corrected chi connectivity index (χ1v) is 5.92. The van der Waals surface area contributed by atoms with Gasteiger partial charge in [-0.05, 0) is 36.4 Å². The van der Waals surface area contributed by atoms with Crippen LogP contribution in [-0.4, -0.2) is 0 Å². The van der Waals surface area contributed by atoms with Gasteiger partial charge in [0.2, 0.25) is 0 Å². The fourth-order valence-corrected chi connectivity index (χ4v) is 1.60. The highest BCUT2D eigenvalue weighted by molar-refractivity contribution is 5.44. The average molecular weight is 318 g/mol. The summed E-state index contributed by atoms with van der Waals surface area (Å²) in [5.74, 6) is 0. The van der Waals surface area contributed by atoms with Crippen LogP contribution in [0.25, 0.3) is 0 Å². The zero-order chi connectivity index (χ0) is 16.4. The van der Waals surface area contributed by atoms with Crippen LogP contribution in [0.3, 0.4) is 0 Å². The Morgan fingerprint density at radius 2 is 0.955 bits per heavy atom. The molecule has 2 rings (SSSR count). The third-order valence-electron chi connectivity index (χ3n) is 2.63. The molecule has 0 unspecified atom stereocenters. The molecular formula is C14H8F6N2. The molecule has 0 bridgehead atoms. The number of azo groups is 1. The summed E-state index contributed by atoms with van der Waals surface area (Å²) in [5, 5.41) is 7.06. The fraction of sp³-hybridized carbons (Fsp3) is 0.143. The highest BCUT2D eigenvalue weighted by Crippen LogP contribution is 2.33. The minimum atomic E-state index is -4.53. The van der Waals surface area contributed by atoms with Crippen molar-refractivity contribution < 1.29 is 26.3 Å². The first kappa shape index (κ1) is 16.0. The second kappa shape index (κ2) is 5.78. The maximum atomic E-state index is 12.5. The highest BCUT2D eigenvalue weighted by Gasteiger charge is 2.31. The molecule has 0 saturated heterocycles. The predicted molar refractivity (Wildman–Crippen MR) is 67.1 cm³/mol. The molecule has 0 saturated carbocycles. The van der Waals surface area contributed by atoms with Crippen molar-refractivity contribution in [3.05, 3.63) is 59.7 Å². The summed E-state index contributed by atoms with van der Waals surface area (Å²) < 4.78 is 75.1. The molecule has 2 aromatic rings. The van der Waals surface area contributed by atoms with E-state index < -0.39 is 23.5 Å². The number of hydrogen-bond donors (Lipinski definition) is 0. The zero-order valence-corrected chi connectivity index (χ0v) is 10.8. The lowest BCUT2D eigenvalue weighted by molar-refractivity contribution is -0.138. The molecule has 0 fully saturated rings. The van der Waals surface area contributed by atoms with Crippen LogP contribution in [0.5, 0.6) is 0 Å². The second-order valence-electron chi connectivity index (χ2n) is 4.30. The van der Waals surface area contributed by atoms with E-state index in [1.807, 2.05) is 0 Å². The van der Waals surface area contributed by atoms with E-state index in [4.69, 9.17) is 0 Å². The topological polar surface area (TPSA) is 24.7 Å². The molecule has 0 aliphatic carbocycles. The maximum Gasteiger partial charge on any atom is 0.416 e. The Bertz CT molecular complexity index is 629. The first-order valence-electron chi connectivity index (χ1n) is 5.92. The van der Waals surface area contributed by atoms with Crippen molar-refractivity contribution in [1.29, 1.82) is 0 Å². The van der Waals surface area contributed by atoms with Crippen LogP contribution in [0.15, 0.2) is 58.8 Å². The summed E-state index contributed by atoms with van der Waals surface area (Å²) in [7, 11) is 0. The molecule has 8 heteroatoms. The van der Waals surface area contributed by atoms with E-state index in [9.17, 15) is 26.3 Å². The predicted octanol–water partition coefficient (Wildman–Crippen LogP) is 6.14. The van der Waals surface area contributed by atoms with Crippen LogP contribution < -0.4 is 0 Å². The molecule has 0 aromatic heterocycles. The van der Waals surface area contributed by atoms with Gasteiger partial charge in [0.1, 0.15) is 0 Å². The van der Waals surface area contributed by atoms with Crippen molar-refractivity contribution in [2.24, 2.45) is 10.2 Å². The lowest BCUT2D eigenvalue weighted by Crippen LogP contribution is -2.03. The number of halogens is 6. The summed E-state index contributed by atoms with van der Waals surface area (Å²) >= 11 is 0. The Balaban J connectivity index is 2.26. The van der Waals surface area contributed by atoms with E-state index in [2.05, 4.69) is 10.2 Å². The molecule has 2 nitrogen and oxygen atoms in total. The van der Waals surface area contributed by atoms with Gasteiger partial charge in [0.15, 0.2) is 0 Å². The van der Waals surface area contributed by atoms with Crippen LogP contribution in [0.1, 0.15) is 11.1 Å². The molecular weight excluding hydrogens is 310 g/mol. The smallest absolute Gasteiger partial charge is 0.166 e. The normalized spacial score (nSPS) is 12.8. The molecule has 0 spiro atoms. The van der Waals surface area contributed by atoms with E-state index in [0.717, 1.165) is 36.4 Å². The molecule has 2 aromatic carbocycles. The van der Waals surface area contributed by atoms with Crippen molar-refractivity contribution in [1.82, 2.24) is 0 Å².